The Bertz CT molecular complexity index is 1400. The minimum Gasteiger partial charge on any atom is -0.350 e. The number of carbonyl (C=O) groups is 2. The van der Waals surface area contributed by atoms with E-state index < -0.39 is 9.84 Å². The quantitative estimate of drug-likeness (QED) is 0.522. The predicted molar refractivity (Wildman–Crippen MR) is 131 cm³/mol. The molecule has 0 spiro atoms. The third-order valence-electron chi connectivity index (χ3n) is 5.71. The van der Waals surface area contributed by atoms with Crippen LogP contribution in [0.4, 0.5) is 11.6 Å². The molecule has 34 heavy (non-hydrogen) atoms. The van der Waals surface area contributed by atoms with Crippen LogP contribution in [-0.4, -0.2) is 60.5 Å². The van der Waals surface area contributed by atoms with Crippen molar-refractivity contribution in [3.05, 3.63) is 66.4 Å². The highest BCUT2D eigenvalue weighted by Crippen LogP contribution is 2.22. The molecule has 1 saturated heterocycles. The Labute approximate surface area is 197 Å². The molecule has 3 aromatic rings. The maximum Gasteiger partial charge on any atom is 0.253 e. The Kier molecular flexibility index (Phi) is 6.34. The van der Waals surface area contributed by atoms with Crippen LogP contribution >= 0.6 is 0 Å². The van der Waals surface area contributed by atoms with Gasteiger partial charge >= 0.3 is 0 Å². The van der Waals surface area contributed by atoms with Gasteiger partial charge in [0.05, 0.1) is 10.4 Å². The van der Waals surface area contributed by atoms with Crippen LogP contribution in [-0.2, 0) is 14.6 Å². The fourth-order valence-electron chi connectivity index (χ4n) is 3.85. The molecule has 0 aliphatic carbocycles. The summed E-state index contributed by atoms with van der Waals surface area (Å²) in [4.78, 5) is 35.3. The first-order chi connectivity index (χ1) is 16.1. The Morgan fingerprint density at radius 1 is 1.21 bits per heavy atom. The fraction of sp³-hybridized carbons (Fsp3) is 0.250. The molecule has 2 heterocycles. The van der Waals surface area contributed by atoms with E-state index in [-0.39, 0.29) is 22.8 Å². The number of rotatable bonds is 6. The summed E-state index contributed by atoms with van der Waals surface area (Å²) >= 11 is 0. The molecule has 1 atom stereocenters. The fourth-order valence-corrected chi connectivity index (χ4v) is 4.49. The summed E-state index contributed by atoms with van der Waals surface area (Å²) in [7, 11) is -3.34. The molecule has 9 nitrogen and oxygen atoms in total. The number of benzene rings is 2. The molecule has 0 bridgehead atoms. The van der Waals surface area contributed by atoms with E-state index in [1.54, 1.807) is 35.4 Å². The number of fused-ring (bicyclic) bond motifs is 1. The van der Waals surface area contributed by atoms with Crippen LogP contribution in [0.3, 0.4) is 0 Å². The van der Waals surface area contributed by atoms with Gasteiger partial charge in [-0.05, 0) is 61.4 Å². The predicted octanol–water partition coefficient (Wildman–Crippen LogP) is 2.79. The average Bonchev–Trinajstić information content (AvgIpc) is 3.27. The van der Waals surface area contributed by atoms with E-state index in [0.717, 1.165) is 23.6 Å². The third kappa shape index (κ3) is 5.07. The molecule has 2 amide bonds. The zero-order chi connectivity index (χ0) is 24.5. The molecular weight excluding hydrogens is 454 g/mol. The zero-order valence-corrected chi connectivity index (χ0v) is 19.7. The Morgan fingerprint density at radius 2 is 2.00 bits per heavy atom. The molecule has 1 aliphatic rings. The molecule has 176 valence electrons. The van der Waals surface area contributed by atoms with Crippen molar-refractivity contribution in [2.24, 2.45) is 0 Å². The summed E-state index contributed by atoms with van der Waals surface area (Å²) in [5.74, 6) is -0.0130. The van der Waals surface area contributed by atoms with Crippen molar-refractivity contribution in [3.8, 4) is 0 Å². The normalized spacial score (nSPS) is 15.8. The van der Waals surface area contributed by atoms with Gasteiger partial charge in [0.2, 0.25) is 11.9 Å². The number of anilines is 2. The lowest BCUT2D eigenvalue weighted by molar-refractivity contribution is -0.111. The Hall–Kier alpha value is -3.79. The highest BCUT2D eigenvalue weighted by atomic mass is 32.2. The standard InChI is InChI=1S/C24H25N5O4S/c1-4-22(30)27-20-8-6-16(11-15(20)2)23(31)29-10-9-18(14-29)26-24-25-13-17-5-7-19(34(3,32)33)12-21(17)28-24/h4-8,11-13,18H,1,9-10,14H2,2-3H3,(H,27,30)(H,25,26,28). The van der Waals surface area contributed by atoms with E-state index in [4.69, 9.17) is 0 Å². The molecule has 0 radical (unpaired) electrons. The lowest BCUT2D eigenvalue weighted by Gasteiger charge is -2.18. The molecule has 0 saturated carbocycles. The van der Waals surface area contributed by atoms with E-state index >= 15 is 0 Å². The maximum atomic E-state index is 13.0. The van der Waals surface area contributed by atoms with Crippen molar-refractivity contribution in [2.45, 2.75) is 24.3 Å². The minimum atomic E-state index is -3.34. The van der Waals surface area contributed by atoms with Gasteiger partial charge in [-0.3, -0.25) is 9.59 Å². The summed E-state index contributed by atoms with van der Waals surface area (Å²) in [5.41, 5.74) is 2.50. The van der Waals surface area contributed by atoms with Gasteiger partial charge in [-0.15, -0.1) is 0 Å². The maximum absolute atomic E-state index is 13.0. The van der Waals surface area contributed by atoms with Crippen molar-refractivity contribution in [1.29, 1.82) is 0 Å². The number of hydrogen-bond acceptors (Lipinski definition) is 7. The summed E-state index contributed by atoms with van der Waals surface area (Å²) in [5, 5.41) is 6.71. The number of nitrogens with one attached hydrogen (secondary N) is 2. The number of amides is 2. The monoisotopic (exact) mass is 479 g/mol. The summed E-state index contributed by atoms with van der Waals surface area (Å²) < 4.78 is 23.7. The topological polar surface area (TPSA) is 121 Å². The SMILES string of the molecule is C=CC(=O)Nc1ccc(C(=O)N2CCC(Nc3ncc4ccc(S(C)(=O)=O)cc4n3)C2)cc1C. The number of aryl methyl sites for hydroxylation is 1. The van der Waals surface area contributed by atoms with Crippen LogP contribution in [0.25, 0.3) is 10.9 Å². The lowest BCUT2D eigenvalue weighted by Crippen LogP contribution is -2.32. The van der Waals surface area contributed by atoms with Gasteiger partial charge < -0.3 is 15.5 Å². The molecule has 1 aromatic heterocycles. The van der Waals surface area contributed by atoms with Gasteiger partial charge in [0.1, 0.15) is 0 Å². The van der Waals surface area contributed by atoms with Gasteiger partial charge in [0.15, 0.2) is 9.84 Å². The number of carbonyl (C=O) groups excluding carboxylic acids is 2. The largest absolute Gasteiger partial charge is 0.350 e. The van der Waals surface area contributed by atoms with Gasteiger partial charge in [-0.25, -0.2) is 18.4 Å². The van der Waals surface area contributed by atoms with Crippen molar-refractivity contribution < 1.29 is 18.0 Å². The van der Waals surface area contributed by atoms with Crippen LogP contribution in [0.5, 0.6) is 0 Å². The van der Waals surface area contributed by atoms with Gasteiger partial charge in [0.25, 0.3) is 5.91 Å². The molecule has 1 fully saturated rings. The van der Waals surface area contributed by atoms with Crippen molar-refractivity contribution in [2.75, 3.05) is 30.0 Å². The Morgan fingerprint density at radius 3 is 2.71 bits per heavy atom. The van der Waals surface area contributed by atoms with Crippen molar-refractivity contribution >= 4 is 44.2 Å². The van der Waals surface area contributed by atoms with E-state index in [9.17, 15) is 18.0 Å². The highest BCUT2D eigenvalue weighted by Gasteiger charge is 2.27. The average molecular weight is 480 g/mol. The first-order valence-corrected chi connectivity index (χ1v) is 12.6. The van der Waals surface area contributed by atoms with E-state index in [1.807, 2.05) is 6.92 Å². The molecule has 1 unspecified atom stereocenters. The molecule has 2 N–H and O–H groups in total. The summed E-state index contributed by atoms with van der Waals surface area (Å²) in [6, 6.07) is 9.88. The van der Waals surface area contributed by atoms with Crippen LogP contribution in [0.1, 0.15) is 22.3 Å². The van der Waals surface area contributed by atoms with Crippen LogP contribution < -0.4 is 10.6 Å². The van der Waals surface area contributed by atoms with Crippen LogP contribution in [0.15, 0.2) is 60.1 Å². The number of aromatic nitrogens is 2. The second-order valence-electron chi connectivity index (χ2n) is 8.29. The van der Waals surface area contributed by atoms with Crippen LogP contribution in [0.2, 0.25) is 0 Å². The lowest BCUT2D eigenvalue weighted by atomic mass is 10.1. The molecule has 1 aliphatic heterocycles. The van der Waals surface area contributed by atoms with Gasteiger partial charge in [-0.2, -0.15) is 0 Å². The van der Waals surface area contributed by atoms with Crippen molar-refractivity contribution in [1.82, 2.24) is 14.9 Å². The summed E-state index contributed by atoms with van der Waals surface area (Å²) in [6.45, 7) is 6.33. The van der Waals surface area contributed by atoms with E-state index in [0.29, 0.717) is 35.8 Å². The third-order valence-corrected chi connectivity index (χ3v) is 6.82. The van der Waals surface area contributed by atoms with Gasteiger partial charge in [-0.1, -0.05) is 6.58 Å². The molecule has 4 rings (SSSR count). The number of nitrogens with zero attached hydrogens (tertiary/aromatic N) is 3. The van der Waals surface area contributed by atoms with Gasteiger partial charge in [0, 0.05) is 48.2 Å². The summed E-state index contributed by atoms with van der Waals surface area (Å²) in [6.07, 6.45) is 4.72. The number of likely N-dealkylation sites (tertiary alicyclic amines) is 1. The van der Waals surface area contributed by atoms with Crippen molar-refractivity contribution in [3.63, 3.8) is 0 Å². The number of hydrogen-bond donors (Lipinski definition) is 2. The second-order valence-corrected chi connectivity index (χ2v) is 10.3. The molecule has 10 heteroatoms. The molecule has 2 aromatic carbocycles. The van der Waals surface area contributed by atoms with E-state index in [2.05, 4.69) is 27.2 Å². The number of sulfone groups is 1. The van der Waals surface area contributed by atoms with E-state index in [1.165, 1.54) is 18.2 Å². The zero-order valence-electron chi connectivity index (χ0n) is 18.9. The highest BCUT2D eigenvalue weighted by molar-refractivity contribution is 7.90. The second kappa shape index (κ2) is 9.22. The first kappa shape index (κ1) is 23.4. The first-order valence-electron chi connectivity index (χ1n) is 10.7. The molecular formula is C24H25N5O4S. The Balaban J connectivity index is 1.44. The smallest absolute Gasteiger partial charge is 0.253 e. The minimum absolute atomic E-state index is 0.0354. The van der Waals surface area contributed by atoms with Crippen LogP contribution in [0, 0.1) is 6.92 Å².